The van der Waals surface area contributed by atoms with Crippen molar-refractivity contribution in [3.05, 3.63) is 35.9 Å². The van der Waals surface area contributed by atoms with E-state index in [1.54, 1.807) is 6.92 Å². The molecule has 2 atom stereocenters. The monoisotopic (exact) mass is 373 g/mol. The van der Waals surface area contributed by atoms with Crippen LogP contribution >= 0.6 is 0 Å². The Bertz CT molecular complexity index is 433. The van der Waals surface area contributed by atoms with E-state index < -0.39 is 12.0 Å². The van der Waals surface area contributed by atoms with E-state index >= 15 is 0 Å². The van der Waals surface area contributed by atoms with E-state index in [1.807, 2.05) is 30.3 Å². The zero-order valence-corrected chi connectivity index (χ0v) is 15.5. The Morgan fingerprint density at radius 3 is 2.23 bits per heavy atom. The molecule has 4 nitrogen and oxygen atoms in total. The highest BCUT2D eigenvalue weighted by atomic mass is 79.9. The molecular weight excluding hydrogens is 346 g/mol. The zero-order valence-electron chi connectivity index (χ0n) is 14.0. The van der Waals surface area contributed by atoms with Gasteiger partial charge in [-0.1, -0.05) is 30.3 Å². The predicted octanol–water partition coefficient (Wildman–Crippen LogP) is -0.815. The quantitative estimate of drug-likeness (QED) is 0.478. The number of rotatable bonds is 8. The van der Waals surface area contributed by atoms with Gasteiger partial charge in [0.2, 0.25) is 0 Å². The highest BCUT2D eigenvalue weighted by Gasteiger charge is 2.27. The molecule has 1 N–H and O–H groups in total. The summed E-state index contributed by atoms with van der Waals surface area (Å²) in [6.45, 7) is 9.07. The van der Waals surface area contributed by atoms with Gasteiger partial charge < -0.3 is 31.3 Å². The van der Waals surface area contributed by atoms with Gasteiger partial charge in [0, 0.05) is 0 Å². The van der Waals surface area contributed by atoms with E-state index in [4.69, 9.17) is 4.74 Å². The minimum Gasteiger partial charge on any atom is -1.00 e. The first-order valence-corrected chi connectivity index (χ1v) is 7.66. The SMILES string of the molecule is CC[N+](C)(CC)CCOC(=O)C(c1ccccc1)C(C)O.[Br-]. The third-order valence-electron chi connectivity index (χ3n) is 4.30. The Kier molecular flexibility index (Phi) is 9.56. The highest BCUT2D eigenvalue weighted by Crippen LogP contribution is 2.21. The smallest absolute Gasteiger partial charge is 0.316 e. The molecule has 0 heterocycles. The lowest BCUT2D eigenvalue weighted by atomic mass is 9.94. The van der Waals surface area contributed by atoms with Gasteiger partial charge in [0.15, 0.2) is 0 Å². The molecule has 0 amide bonds. The second-order valence-corrected chi connectivity index (χ2v) is 5.77. The molecule has 0 radical (unpaired) electrons. The number of quaternary nitrogens is 1. The molecule has 0 saturated carbocycles. The predicted molar refractivity (Wildman–Crippen MR) is 84.0 cm³/mol. The summed E-state index contributed by atoms with van der Waals surface area (Å²) in [6, 6.07) is 9.30. The third-order valence-corrected chi connectivity index (χ3v) is 4.30. The first-order chi connectivity index (χ1) is 9.93. The van der Waals surface area contributed by atoms with Crippen LogP contribution in [0.3, 0.4) is 0 Å². The van der Waals surface area contributed by atoms with E-state index in [-0.39, 0.29) is 23.0 Å². The standard InChI is InChI=1S/C17H28NO3.BrH/c1-5-18(4,6-2)12-13-21-17(20)16(14(3)19)15-10-8-7-9-11-15;/h7-11,14,16,19H,5-6,12-13H2,1-4H3;1H/q+1;/p-1. The summed E-state index contributed by atoms with van der Waals surface area (Å²) in [5.74, 6) is -0.969. The first kappa shape index (κ1) is 21.1. The maximum absolute atomic E-state index is 12.3. The first-order valence-electron chi connectivity index (χ1n) is 7.66. The van der Waals surface area contributed by atoms with Crippen molar-refractivity contribution in [2.75, 3.05) is 33.3 Å². The maximum atomic E-state index is 12.3. The van der Waals surface area contributed by atoms with Gasteiger partial charge in [-0.15, -0.1) is 0 Å². The van der Waals surface area contributed by atoms with Gasteiger partial charge in [0.1, 0.15) is 19.1 Å². The fraction of sp³-hybridized carbons (Fsp3) is 0.588. The zero-order chi connectivity index (χ0) is 15.9. The molecule has 0 spiro atoms. The summed E-state index contributed by atoms with van der Waals surface area (Å²) in [7, 11) is 2.15. The number of ether oxygens (including phenoxy) is 1. The minimum absolute atomic E-state index is 0. The lowest BCUT2D eigenvalue weighted by molar-refractivity contribution is -0.906. The van der Waals surface area contributed by atoms with Crippen LogP contribution in [0.5, 0.6) is 0 Å². The molecule has 22 heavy (non-hydrogen) atoms. The molecule has 1 aromatic carbocycles. The van der Waals surface area contributed by atoms with Crippen LogP contribution < -0.4 is 17.0 Å². The molecule has 0 aromatic heterocycles. The average Bonchev–Trinajstić information content (AvgIpc) is 2.48. The number of hydrogen-bond donors (Lipinski definition) is 1. The Labute approximate surface area is 144 Å². The number of aliphatic hydroxyl groups excluding tert-OH is 1. The van der Waals surface area contributed by atoms with Crippen molar-refractivity contribution in [3.8, 4) is 0 Å². The number of benzene rings is 1. The van der Waals surface area contributed by atoms with Crippen molar-refractivity contribution in [1.29, 1.82) is 0 Å². The number of aliphatic hydroxyl groups is 1. The Morgan fingerprint density at radius 1 is 1.23 bits per heavy atom. The van der Waals surface area contributed by atoms with Gasteiger partial charge in [-0.05, 0) is 26.3 Å². The fourth-order valence-electron chi connectivity index (χ4n) is 2.27. The molecule has 0 saturated heterocycles. The molecule has 0 fully saturated rings. The number of nitrogens with zero attached hydrogens (tertiary/aromatic N) is 1. The third kappa shape index (κ3) is 6.07. The summed E-state index contributed by atoms with van der Waals surface area (Å²) in [4.78, 5) is 12.3. The van der Waals surface area contributed by atoms with Crippen LogP contribution in [0.2, 0.25) is 0 Å². The number of halogens is 1. The van der Waals surface area contributed by atoms with Gasteiger partial charge in [-0.25, -0.2) is 0 Å². The van der Waals surface area contributed by atoms with E-state index in [9.17, 15) is 9.90 Å². The summed E-state index contributed by atoms with van der Waals surface area (Å²) < 4.78 is 6.28. The molecule has 1 aromatic rings. The molecule has 5 heteroatoms. The van der Waals surface area contributed by atoms with Crippen LogP contribution in [0.1, 0.15) is 32.3 Å². The summed E-state index contributed by atoms with van der Waals surface area (Å²) in [5, 5.41) is 9.88. The molecule has 126 valence electrons. The molecule has 0 aliphatic heterocycles. The highest BCUT2D eigenvalue weighted by molar-refractivity contribution is 5.78. The van der Waals surface area contributed by atoms with Crippen molar-refractivity contribution in [2.45, 2.75) is 32.8 Å². The van der Waals surface area contributed by atoms with Gasteiger partial charge in [-0.3, -0.25) is 4.79 Å². The Morgan fingerprint density at radius 2 is 1.77 bits per heavy atom. The number of carbonyl (C=O) groups excluding carboxylic acids is 1. The van der Waals surface area contributed by atoms with Crippen molar-refractivity contribution in [1.82, 2.24) is 0 Å². The van der Waals surface area contributed by atoms with Crippen LogP contribution in [0.15, 0.2) is 30.3 Å². The molecular formula is C17H28BrNO3. The topological polar surface area (TPSA) is 46.5 Å². The van der Waals surface area contributed by atoms with Gasteiger partial charge in [0.25, 0.3) is 0 Å². The second-order valence-electron chi connectivity index (χ2n) is 5.77. The van der Waals surface area contributed by atoms with Crippen LogP contribution in [0, 0.1) is 0 Å². The largest absolute Gasteiger partial charge is 1.00 e. The summed E-state index contributed by atoms with van der Waals surface area (Å²) in [5.41, 5.74) is 0.792. The molecule has 2 unspecified atom stereocenters. The van der Waals surface area contributed by atoms with Crippen LogP contribution in [-0.2, 0) is 9.53 Å². The van der Waals surface area contributed by atoms with E-state index in [0.717, 1.165) is 29.7 Å². The van der Waals surface area contributed by atoms with Crippen LogP contribution in [-0.4, -0.2) is 55.0 Å². The maximum Gasteiger partial charge on any atom is 0.316 e. The van der Waals surface area contributed by atoms with Crippen LogP contribution in [0.25, 0.3) is 0 Å². The minimum atomic E-state index is -0.766. The number of likely N-dealkylation sites (N-methyl/N-ethyl adjacent to an activating group) is 1. The van der Waals surface area contributed by atoms with E-state index in [2.05, 4.69) is 20.9 Å². The number of esters is 1. The van der Waals surface area contributed by atoms with Gasteiger partial charge >= 0.3 is 5.97 Å². The Hall–Kier alpha value is -0.910. The van der Waals surface area contributed by atoms with Gasteiger partial charge in [0.05, 0.1) is 26.2 Å². The van der Waals surface area contributed by atoms with Crippen LogP contribution in [0.4, 0.5) is 0 Å². The summed E-state index contributed by atoms with van der Waals surface area (Å²) >= 11 is 0. The molecule has 0 aliphatic carbocycles. The number of carbonyl (C=O) groups is 1. The van der Waals surface area contributed by atoms with Crippen molar-refractivity contribution >= 4 is 5.97 Å². The number of hydrogen-bond acceptors (Lipinski definition) is 3. The fourth-order valence-corrected chi connectivity index (χ4v) is 2.27. The summed E-state index contributed by atoms with van der Waals surface area (Å²) in [6.07, 6.45) is -0.766. The van der Waals surface area contributed by atoms with E-state index in [0.29, 0.717) is 6.61 Å². The Balaban J connectivity index is 0.00000441. The van der Waals surface area contributed by atoms with Gasteiger partial charge in [-0.2, -0.15) is 0 Å². The normalized spacial score (nSPS) is 13.9. The lowest BCUT2D eigenvalue weighted by Gasteiger charge is -2.32. The van der Waals surface area contributed by atoms with Crippen molar-refractivity contribution < 1.29 is 36.1 Å². The lowest BCUT2D eigenvalue weighted by Crippen LogP contribution is -3.00. The molecule has 0 bridgehead atoms. The molecule has 1 rings (SSSR count). The molecule has 0 aliphatic rings. The average molecular weight is 374 g/mol. The second kappa shape index (κ2) is 9.98. The van der Waals surface area contributed by atoms with E-state index in [1.165, 1.54) is 0 Å². The van der Waals surface area contributed by atoms with Crippen molar-refractivity contribution in [2.24, 2.45) is 0 Å². The van der Waals surface area contributed by atoms with Crippen molar-refractivity contribution in [3.63, 3.8) is 0 Å².